The number of carbonyl (C=O) groups excluding carboxylic acids is 1. The lowest BCUT2D eigenvalue weighted by Gasteiger charge is -2.13. The Morgan fingerprint density at radius 2 is 2.06 bits per heavy atom. The van der Waals surface area contributed by atoms with Crippen LogP contribution in [0, 0.1) is 0 Å². The largest absolute Gasteiger partial charge is 0.277 e. The second-order valence-corrected chi connectivity index (χ2v) is 3.37. The second kappa shape index (κ2) is 4.75. The van der Waals surface area contributed by atoms with E-state index in [9.17, 15) is 4.79 Å². The standard InChI is InChI=1S/C11H12N4O2/c1-14(17-2)11(16)9-3-5-10(6-4-9)15-8-12-7-13-15/h3-8H,1-2H3. The molecule has 0 aliphatic heterocycles. The molecule has 2 rings (SSSR count). The van der Waals surface area contributed by atoms with Crippen molar-refractivity contribution in [2.45, 2.75) is 0 Å². The quantitative estimate of drug-likeness (QED) is 0.738. The maximum absolute atomic E-state index is 11.7. The third-order valence-corrected chi connectivity index (χ3v) is 2.36. The molecule has 0 atom stereocenters. The summed E-state index contributed by atoms with van der Waals surface area (Å²) >= 11 is 0. The van der Waals surface area contributed by atoms with Gasteiger partial charge in [0, 0.05) is 12.6 Å². The molecule has 88 valence electrons. The highest BCUT2D eigenvalue weighted by Crippen LogP contribution is 2.09. The zero-order valence-corrected chi connectivity index (χ0v) is 9.57. The number of aromatic nitrogens is 3. The van der Waals surface area contributed by atoms with Gasteiger partial charge in [-0.05, 0) is 24.3 Å². The van der Waals surface area contributed by atoms with E-state index in [0.29, 0.717) is 5.56 Å². The van der Waals surface area contributed by atoms with Gasteiger partial charge in [-0.3, -0.25) is 9.63 Å². The molecule has 0 aliphatic rings. The van der Waals surface area contributed by atoms with Crippen molar-refractivity contribution in [2.75, 3.05) is 14.2 Å². The minimum Gasteiger partial charge on any atom is -0.274 e. The van der Waals surface area contributed by atoms with Crippen molar-refractivity contribution in [3.05, 3.63) is 42.5 Å². The van der Waals surface area contributed by atoms with Crippen molar-refractivity contribution in [3.8, 4) is 5.69 Å². The van der Waals surface area contributed by atoms with Gasteiger partial charge in [-0.2, -0.15) is 5.10 Å². The van der Waals surface area contributed by atoms with Gasteiger partial charge in [0.05, 0.1) is 12.8 Å². The van der Waals surface area contributed by atoms with Gasteiger partial charge < -0.3 is 0 Å². The third-order valence-electron chi connectivity index (χ3n) is 2.36. The highest BCUT2D eigenvalue weighted by atomic mass is 16.7. The first-order valence-electron chi connectivity index (χ1n) is 4.99. The molecule has 0 aliphatic carbocycles. The van der Waals surface area contributed by atoms with Crippen molar-refractivity contribution in [1.82, 2.24) is 19.8 Å². The van der Waals surface area contributed by atoms with E-state index in [1.54, 1.807) is 42.3 Å². The molecule has 6 heteroatoms. The zero-order valence-electron chi connectivity index (χ0n) is 9.57. The molecule has 1 aromatic carbocycles. The molecule has 0 fully saturated rings. The average molecular weight is 232 g/mol. The monoisotopic (exact) mass is 232 g/mol. The number of nitrogens with zero attached hydrogens (tertiary/aromatic N) is 4. The highest BCUT2D eigenvalue weighted by molar-refractivity contribution is 5.93. The molecule has 0 spiro atoms. The predicted octanol–water partition coefficient (Wildman–Crippen LogP) is 0.901. The van der Waals surface area contributed by atoms with Gasteiger partial charge in [0.25, 0.3) is 5.91 Å². The molecule has 0 N–H and O–H groups in total. The first-order chi connectivity index (χ1) is 8.22. The van der Waals surface area contributed by atoms with Crippen LogP contribution < -0.4 is 0 Å². The van der Waals surface area contributed by atoms with Crippen molar-refractivity contribution in [3.63, 3.8) is 0 Å². The van der Waals surface area contributed by atoms with Crippen LogP contribution in [-0.2, 0) is 4.84 Å². The zero-order chi connectivity index (χ0) is 12.3. The summed E-state index contributed by atoms with van der Waals surface area (Å²) in [5.41, 5.74) is 1.40. The number of carbonyl (C=O) groups is 1. The molecule has 0 bridgehead atoms. The van der Waals surface area contributed by atoms with Gasteiger partial charge in [0.15, 0.2) is 0 Å². The van der Waals surface area contributed by atoms with E-state index < -0.39 is 0 Å². The van der Waals surface area contributed by atoms with Crippen LogP contribution in [-0.4, -0.2) is 39.9 Å². The van der Waals surface area contributed by atoms with Crippen LogP contribution in [0.3, 0.4) is 0 Å². The van der Waals surface area contributed by atoms with Crippen LogP contribution in [0.15, 0.2) is 36.9 Å². The molecule has 1 heterocycles. The van der Waals surface area contributed by atoms with Gasteiger partial charge in [-0.15, -0.1) is 0 Å². The summed E-state index contributed by atoms with van der Waals surface area (Å²) in [6.07, 6.45) is 3.05. The average Bonchev–Trinajstić information content (AvgIpc) is 2.91. The highest BCUT2D eigenvalue weighted by Gasteiger charge is 2.10. The molecule has 1 amide bonds. The van der Waals surface area contributed by atoms with Crippen molar-refractivity contribution >= 4 is 5.91 Å². The lowest BCUT2D eigenvalue weighted by Crippen LogP contribution is -2.25. The number of hydrogen-bond acceptors (Lipinski definition) is 4. The van der Waals surface area contributed by atoms with Crippen LogP contribution in [0.4, 0.5) is 0 Å². The van der Waals surface area contributed by atoms with Crippen LogP contribution >= 0.6 is 0 Å². The summed E-state index contributed by atoms with van der Waals surface area (Å²) < 4.78 is 1.62. The number of hydroxylamine groups is 2. The second-order valence-electron chi connectivity index (χ2n) is 3.37. The normalized spacial score (nSPS) is 10.2. The molecule has 6 nitrogen and oxygen atoms in total. The SMILES string of the molecule is CON(C)C(=O)c1ccc(-n2cncn2)cc1. The smallest absolute Gasteiger partial charge is 0.274 e. The summed E-state index contributed by atoms with van der Waals surface area (Å²) in [6, 6.07) is 7.03. The van der Waals surface area contributed by atoms with Crippen molar-refractivity contribution in [1.29, 1.82) is 0 Å². The van der Waals surface area contributed by atoms with E-state index in [1.807, 2.05) is 0 Å². The Bertz CT molecular complexity index is 493. The summed E-state index contributed by atoms with van der Waals surface area (Å²) in [7, 11) is 3.01. The van der Waals surface area contributed by atoms with E-state index in [2.05, 4.69) is 10.1 Å². The van der Waals surface area contributed by atoms with Gasteiger partial charge in [-0.1, -0.05) is 0 Å². The van der Waals surface area contributed by atoms with E-state index in [4.69, 9.17) is 4.84 Å². The Balaban J connectivity index is 2.22. The molecule has 0 saturated heterocycles. The van der Waals surface area contributed by atoms with Crippen LogP contribution in [0.1, 0.15) is 10.4 Å². The topological polar surface area (TPSA) is 60.2 Å². The van der Waals surface area contributed by atoms with Gasteiger partial charge in [0.1, 0.15) is 12.7 Å². The van der Waals surface area contributed by atoms with Gasteiger partial charge >= 0.3 is 0 Å². The summed E-state index contributed by atoms with van der Waals surface area (Å²) in [5.74, 6) is -0.197. The van der Waals surface area contributed by atoms with E-state index >= 15 is 0 Å². The molecule has 0 radical (unpaired) electrons. The third kappa shape index (κ3) is 2.31. The molecule has 2 aromatic rings. The molecular weight excluding hydrogens is 220 g/mol. The van der Waals surface area contributed by atoms with Gasteiger partial charge in [0.2, 0.25) is 0 Å². The number of amides is 1. The maximum atomic E-state index is 11.7. The first-order valence-corrected chi connectivity index (χ1v) is 4.99. The molecule has 0 unspecified atom stereocenters. The summed E-state index contributed by atoms with van der Waals surface area (Å²) in [5, 5.41) is 5.17. The number of rotatable bonds is 3. The number of benzene rings is 1. The predicted molar refractivity (Wildman–Crippen MR) is 60.5 cm³/mol. The van der Waals surface area contributed by atoms with Crippen molar-refractivity contribution in [2.24, 2.45) is 0 Å². The lowest BCUT2D eigenvalue weighted by atomic mass is 10.2. The summed E-state index contributed by atoms with van der Waals surface area (Å²) in [6.45, 7) is 0. The Hall–Kier alpha value is -2.21. The first kappa shape index (κ1) is 11.3. The fourth-order valence-electron chi connectivity index (χ4n) is 1.36. The Morgan fingerprint density at radius 3 is 2.59 bits per heavy atom. The Labute approximate surface area is 98.4 Å². The minimum atomic E-state index is -0.197. The summed E-state index contributed by atoms with van der Waals surface area (Å²) in [4.78, 5) is 20.4. The lowest BCUT2D eigenvalue weighted by molar-refractivity contribution is -0.0756. The van der Waals surface area contributed by atoms with Crippen LogP contribution in [0.5, 0.6) is 0 Å². The van der Waals surface area contributed by atoms with E-state index in [-0.39, 0.29) is 5.91 Å². The molecule has 17 heavy (non-hydrogen) atoms. The molecular formula is C11H12N4O2. The van der Waals surface area contributed by atoms with E-state index in [1.165, 1.54) is 18.5 Å². The minimum absolute atomic E-state index is 0.197. The van der Waals surface area contributed by atoms with Crippen LogP contribution in [0.25, 0.3) is 5.69 Å². The fraction of sp³-hybridized carbons (Fsp3) is 0.182. The molecule has 1 aromatic heterocycles. The molecule has 0 saturated carbocycles. The Morgan fingerprint density at radius 1 is 1.35 bits per heavy atom. The van der Waals surface area contributed by atoms with Gasteiger partial charge in [-0.25, -0.2) is 14.7 Å². The Kier molecular flexibility index (Phi) is 3.15. The van der Waals surface area contributed by atoms with Crippen molar-refractivity contribution < 1.29 is 9.63 Å². The van der Waals surface area contributed by atoms with Crippen LogP contribution in [0.2, 0.25) is 0 Å². The van der Waals surface area contributed by atoms with E-state index in [0.717, 1.165) is 5.69 Å². The maximum Gasteiger partial charge on any atom is 0.277 e. The number of hydrogen-bond donors (Lipinski definition) is 0. The fourth-order valence-corrected chi connectivity index (χ4v) is 1.36.